The zero-order valence-corrected chi connectivity index (χ0v) is 11.0. The molecule has 0 saturated heterocycles. The third-order valence-electron chi connectivity index (χ3n) is 3.06. The first-order valence-electron chi connectivity index (χ1n) is 5.87. The van der Waals surface area contributed by atoms with E-state index in [9.17, 15) is 9.59 Å². The second kappa shape index (κ2) is 6.26. The zero-order valence-electron chi connectivity index (χ0n) is 11.0. The maximum absolute atomic E-state index is 11.1. The normalized spacial score (nSPS) is 11.4. The molecule has 0 saturated carbocycles. The van der Waals surface area contributed by atoms with Crippen LogP contribution in [0.3, 0.4) is 0 Å². The summed E-state index contributed by atoms with van der Waals surface area (Å²) in [4.78, 5) is 21.8. The van der Waals surface area contributed by atoms with Crippen molar-refractivity contribution >= 4 is 18.6 Å². The van der Waals surface area contributed by atoms with Gasteiger partial charge in [0.15, 0.2) is 6.29 Å². The van der Waals surface area contributed by atoms with Crippen molar-refractivity contribution in [3.05, 3.63) is 39.5 Å². The van der Waals surface area contributed by atoms with Gasteiger partial charge in [-0.25, -0.2) is 0 Å². The second-order valence-corrected chi connectivity index (χ2v) is 4.40. The minimum atomic E-state index is 0.0674. The molecule has 1 rings (SSSR count). The molecule has 0 amide bonds. The molecular weight excluding hydrogens is 228 g/mol. The molecule has 0 aliphatic rings. The lowest BCUT2D eigenvalue weighted by molar-refractivity contribution is -0.104. The number of hydrogen-bond donors (Lipinski definition) is 1. The second-order valence-electron chi connectivity index (χ2n) is 4.40. The van der Waals surface area contributed by atoms with Crippen LogP contribution in [-0.4, -0.2) is 24.3 Å². The molecule has 0 atom stereocenters. The number of aliphatic hydroxyl groups is 1. The van der Waals surface area contributed by atoms with Crippen molar-refractivity contribution in [2.45, 2.75) is 27.2 Å². The van der Waals surface area contributed by atoms with E-state index < -0.39 is 0 Å². The van der Waals surface area contributed by atoms with Crippen molar-refractivity contribution < 1.29 is 14.7 Å². The Labute approximate surface area is 107 Å². The Bertz CT molecular complexity index is 499. The molecule has 18 heavy (non-hydrogen) atoms. The Morgan fingerprint density at radius 3 is 2.50 bits per heavy atom. The highest BCUT2D eigenvalue weighted by Crippen LogP contribution is 2.24. The zero-order chi connectivity index (χ0) is 13.7. The van der Waals surface area contributed by atoms with Gasteiger partial charge in [-0.2, -0.15) is 0 Å². The van der Waals surface area contributed by atoms with E-state index in [1.165, 1.54) is 0 Å². The van der Waals surface area contributed by atoms with Gasteiger partial charge in [0.2, 0.25) is 0 Å². The molecule has 3 nitrogen and oxygen atoms in total. The molecule has 0 aromatic heterocycles. The fraction of sp³-hybridized carbons (Fsp3) is 0.333. The molecule has 0 spiro atoms. The van der Waals surface area contributed by atoms with Crippen LogP contribution in [0.15, 0.2) is 11.6 Å². The molecule has 3 heteroatoms. The fourth-order valence-electron chi connectivity index (χ4n) is 2.12. The Hall–Kier alpha value is -1.74. The number of rotatable bonds is 5. The standard InChI is InChI=1S/C15H18O3/c1-10(8-17)6-15-12(3)14(4-5-16)11(2)7-13(15)9-18/h6-9,16H,4-5H2,1-3H3/b10-6+. The molecule has 0 heterocycles. The van der Waals surface area contributed by atoms with Gasteiger partial charge in [-0.15, -0.1) is 0 Å². The van der Waals surface area contributed by atoms with E-state index >= 15 is 0 Å². The van der Waals surface area contributed by atoms with Gasteiger partial charge >= 0.3 is 0 Å². The highest BCUT2D eigenvalue weighted by Gasteiger charge is 2.11. The average molecular weight is 246 g/mol. The molecular formula is C15H18O3. The highest BCUT2D eigenvalue weighted by atomic mass is 16.3. The third kappa shape index (κ3) is 2.93. The Morgan fingerprint density at radius 1 is 1.33 bits per heavy atom. The van der Waals surface area contributed by atoms with Crippen LogP contribution in [-0.2, 0) is 11.2 Å². The Balaban J connectivity index is 3.51. The molecule has 0 aliphatic carbocycles. The lowest BCUT2D eigenvalue weighted by Gasteiger charge is -2.14. The first-order valence-corrected chi connectivity index (χ1v) is 5.87. The minimum absolute atomic E-state index is 0.0674. The van der Waals surface area contributed by atoms with Crippen LogP contribution >= 0.6 is 0 Å². The number of hydrogen-bond acceptors (Lipinski definition) is 3. The summed E-state index contributed by atoms with van der Waals surface area (Å²) in [6.45, 7) is 5.60. The van der Waals surface area contributed by atoms with E-state index in [0.29, 0.717) is 17.6 Å². The van der Waals surface area contributed by atoms with E-state index in [0.717, 1.165) is 34.8 Å². The van der Waals surface area contributed by atoms with Crippen LogP contribution in [0.2, 0.25) is 0 Å². The summed E-state index contributed by atoms with van der Waals surface area (Å²) >= 11 is 0. The number of aliphatic hydroxyl groups excluding tert-OH is 1. The van der Waals surface area contributed by atoms with Crippen molar-refractivity contribution in [3.8, 4) is 0 Å². The molecule has 0 aliphatic heterocycles. The van der Waals surface area contributed by atoms with E-state index in [1.807, 2.05) is 13.8 Å². The summed E-state index contributed by atoms with van der Waals surface area (Å²) in [7, 11) is 0. The van der Waals surface area contributed by atoms with Gasteiger partial charge in [-0.3, -0.25) is 9.59 Å². The summed E-state index contributed by atoms with van der Waals surface area (Å²) in [6, 6.07) is 1.80. The quantitative estimate of drug-likeness (QED) is 0.640. The third-order valence-corrected chi connectivity index (χ3v) is 3.06. The molecule has 0 unspecified atom stereocenters. The van der Waals surface area contributed by atoms with E-state index in [2.05, 4.69) is 0 Å². The maximum atomic E-state index is 11.1. The van der Waals surface area contributed by atoms with Crippen molar-refractivity contribution in [3.63, 3.8) is 0 Å². The van der Waals surface area contributed by atoms with E-state index in [1.54, 1.807) is 19.1 Å². The van der Waals surface area contributed by atoms with E-state index in [4.69, 9.17) is 5.11 Å². The molecule has 1 aromatic carbocycles. The van der Waals surface area contributed by atoms with Gasteiger partial charge in [0, 0.05) is 12.2 Å². The number of carbonyl (C=O) groups is 2. The summed E-state index contributed by atoms with van der Waals surface area (Å²) in [6.07, 6.45) is 3.83. The molecule has 0 bridgehead atoms. The van der Waals surface area contributed by atoms with Crippen molar-refractivity contribution in [1.29, 1.82) is 0 Å². The predicted octanol–water partition coefficient (Wildman–Crippen LogP) is 2.25. The Morgan fingerprint density at radius 2 is 2.00 bits per heavy atom. The Kier molecular flexibility index (Phi) is 4.98. The first kappa shape index (κ1) is 14.3. The highest BCUT2D eigenvalue weighted by molar-refractivity contribution is 5.89. The largest absolute Gasteiger partial charge is 0.396 e. The van der Waals surface area contributed by atoms with Crippen molar-refractivity contribution in [2.24, 2.45) is 0 Å². The van der Waals surface area contributed by atoms with Gasteiger partial charge in [-0.05, 0) is 67.2 Å². The van der Waals surface area contributed by atoms with Gasteiger partial charge in [0.05, 0.1) is 0 Å². The van der Waals surface area contributed by atoms with Crippen molar-refractivity contribution in [2.75, 3.05) is 6.61 Å². The first-order chi connectivity index (χ1) is 8.54. The monoisotopic (exact) mass is 246 g/mol. The lowest BCUT2D eigenvalue weighted by Crippen LogP contribution is -2.03. The molecule has 1 N–H and O–H groups in total. The smallest absolute Gasteiger partial charge is 0.150 e. The lowest BCUT2D eigenvalue weighted by atomic mass is 9.91. The molecule has 0 fully saturated rings. The van der Waals surface area contributed by atoms with Gasteiger partial charge in [0.25, 0.3) is 0 Å². The van der Waals surface area contributed by atoms with Crippen molar-refractivity contribution in [1.82, 2.24) is 0 Å². The number of aldehydes is 2. The van der Waals surface area contributed by atoms with Crippen LogP contribution in [0.5, 0.6) is 0 Å². The number of benzene rings is 1. The maximum Gasteiger partial charge on any atom is 0.150 e. The van der Waals surface area contributed by atoms with Crippen LogP contribution in [0, 0.1) is 13.8 Å². The molecule has 96 valence electrons. The van der Waals surface area contributed by atoms with Crippen LogP contribution in [0.25, 0.3) is 6.08 Å². The summed E-state index contributed by atoms with van der Waals surface area (Å²) < 4.78 is 0. The summed E-state index contributed by atoms with van der Waals surface area (Å²) in [5, 5.41) is 9.07. The van der Waals surface area contributed by atoms with Crippen LogP contribution in [0.1, 0.15) is 39.5 Å². The average Bonchev–Trinajstić information content (AvgIpc) is 2.37. The summed E-state index contributed by atoms with van der Waals surface area (Å²) in [5.74, 6) is 0. The SMILES string of the molecule is C/C(C=O)=C\c1c(C=O)cc(C)c(CCO)c1C. The van der Waals surface area contributed by atoms with Gasteiger partial charge in [-0.1, -0.05) is 0 Å². The van der Waals surface area contributed by atoms with E-state index in [-0.39, 0.29) is 6.61 Å². The summed E-state index contributed by atoms with van der Waals surface area (Å²) in [5.41, 5.74) is 4.89. The topological polar surface area (TPSA) is 54.4 Å². The number of allylic oxidation sites excluding steroid dienone is 1. The van der Waals surface area contributed by atoms with Crippen LogP contribution in [0.4, 0.5) is 0 Å². The van der Waals surface area contributed by atoms with Gasteiger partial charge in [0.1, 0.15) is 6.29 Å². The number of aryl methyl sites for hydroxylation is 1. The molecule has 1 aromatic rings. The predicted molar refractivity (Wildman–Crippen MR) is 71.8 cm³/mol. The minimum Gasteiger partial charge on any atom is -0.396 e. The molecule has 0 radical (unpaired) electrons. The fourth-order valence-corrected chi connectivity index (χ4v) is 2.12. The number of carbonyl (C=O) groups excluding carboxylic acids is 2. The van der Waals surface area contributed by atoms with Gasteiger partial charge < -0.3 is 5.11 Å². The van der Waals surface area contributed by atoms with Crippen LogP contribution < -0.4 is 0 Å².